The van der Waals surface area contributed by atoms with Gasteiger partial charge < -0.3 is 9.47 Å². The maximum atomic E-state index is 11.8. The van der Waals surface area contributed by atoms with Crippen LogP contribution < -0.4 is 0 Å². The fourth-order valence-electron chi connectivity index (χ4n) is 2.73. The maximum Gasteiger partial charge on any atom is 0.338 e. The molecule has 27 heavy (non-hydrogen) atoms. The predicted molar refractivity (Wildman–Crippen MR) is 107 cm³/mol. The number of hydrogen-bond donors (Lipinski definition) is 0. The summed E-state index contributed by atoms with van der Waals surface area (Å²) in [5.41, 5.74) is 4.21. The minimum atomic E-state index is -0.316. The van der Waals surface area contributed by atoms with Crippen molar-refractivity contribution in [1.29, 1.82) is 0 Å². The fourth-order valence-corrected chi connectivity index (χ4v) is 3.66. The van der Waals surface area contributed by atoms with Gasteiger partial charge in [-0.2, -0.15) is 0 Å². The molecule has 0 N–H and O–H groups in total. The van der Waals surface area contributed by atoms with Gasteiger partial charge in [0.1, 0.15) is 0 Å². The summed E-state index contributed by atoms with van der Waals surface area (Å²) >= 11 is 1.63. The van der Waals surface area contributed by atoms with Crippen LogP contribution in [0.1, 0.15) is 34.6 Å². The molecule has 0 atom stereocenters. The summed E-state index contributed by atoms with van der Waals surface area (Å²) in [6, 6.07) is 16.9. The second kappa shape index (κ2) is 8.64. The number of hydrogen-bond acceptors (Lipinski definition) is 5. The Morgan fingerprint density at radius 3 is 1.70 bits per heavy atom. The molecule has 3 aromatic rings. The van der Waals surface area contributed by atoms with Gasteiger partial charge in [-0.1, -0.05) is 24.3 Å². The first-order valence-electron chi connectivity index (χ1n) is 8.76. The second-order valence-corrected chi connectivity index (χ2v) is 6.68. The number of esters is 2. The van der Waals surface area contributed by atoms with E-state index in [1.807, 2.05) is 29.6 Å². The predicted octanol–water partition coefficient (Wildman–Crippen LogP) is 5.44. The zero-order valence-electron chi connectivity index (χ0n) is 15.2. The molecular weight excluding hydrogens is 360 g/mol. The van der Waals surface area contributed by atoms with Gasteiger partial charge in [0.05, 0.1) is 24.3 Å². The molecule has 1 aromatic heterocycles. The molecule has 0 aliphatic carbocycles. The molecular formula is C22H20O4S. The summed E-state index contributed by atoms with van der Waals surface area (Å²) < 4.78 is 10.1. The molecule has 0 saturated heterocycles. The number of thiophene rings is 1. The molecule has 1 heterocycles. The van der Waals surface area contributed by atoms with E-state index in [4.69, 9.17) is 9.47 Å². The van der Waals surface area contributed by atoms with Crippen molar-refractivity contribution in [2.75, 3.05) is 13.2 Å². The largest absolute Gasteiger partial charge is 0.462 e. The van der Waals surface area contributed by atoms with E-state index in [0.29, 0.717) is 24.3 Å². The van der Waals surface area contributed by atoms with Gasteiger partial charge in [0.15, 0.2) is 0 Å². The molecule has 5 heteroatoms. The molecule has 0 aliphatic heterocycles. The topological polar surface area (TPSA) is 52.6 Å². The van der Waals surface area contributed by atoms with Gasteiger partial charge >= 0.3 is 11.9 Å². The number of benzene rings is 2. The lowest BCUT2D eigenvalue weighted by Gasteiger charge is -2.07. The Hall–Kier alpha value is -2.92. The van der Waals surface area contributed by atoms with Crippen LogP contribution >= 0.6 is 11.3 Å². The van der Waals surface area contributed by atoms with E-state index in [-0.39, 0.29) is 11.9 Å². The van der Waals surface area contributed by atoms with Crippen molar-refractivity contribution in [3.8, 4) is 21.6 Å². The molecule has 3 rings (SSSR count). The highest BCUT2D eigenvalue weighted by Gasteiger charge is 2.12. The van der Waals surface area contributed by atoms with E-state index in [0.717, 1.165) is 21.6 Å². The number of carbonyl (C=O) groups excluding carboxylic acids is 2. The van der Waals surface area contributed by atoms with Crippen LogP contribution in [0.25, 0.3) is 21.6 Å². The van der Waals surface area contributed by atoms with Crippen LogP contribution in [0.2, 0.25) is 0 Å². The van der Waals surface area contributed by atoms with E-state index in [2.05, 4.69) is 6.07 Å². The Bertz CT molecular complexity index is 848. The first kappa shape index (κ1) is 18.9. The number of carbonyl (C=O) groups is 2. The third-order valence-electron chi connectivity index (χ3n) is 4.03. The van der Waals surface area contributed by atoms with Gasteiger partial charge in [-0.15, -0.1) is 11.3 Å². The molecule has 0 aliphatic rings. The monoisotopic (exact) mass is 380 g/mol. The maximum absolute atomic E-state index is 11.8. The summed E-state index contributed by atoms with van der Waals surface area (Å²) in [6.07, 6.45) is 0. The molecule has 2 aromatic carbocycles. The molecule has 0 unspecified atom stereocenters. The van der Waals surface area contributed by atoms with Crippen molar-refractivity contribution in [3.63, 3.8) is 0 Å². The van der Waals surface area contributed by atoms with Crippen LogP contribution in [0.3, 0.4) is 0 Å². The fraction of sp³-hybridized carbons (Fsp3) is 0.182. The highest BCUT2D eigenvalue weighted by atomic mass is 32.1. The van der Waals surface area contributed by atoms with Gasteiger partial charge in [0, 0.05) is 10.4 Å². The third-order valence-corrected chi connectivity index (χ3v) is 4.99. The standard InChI is InChI=1S/C22H20O4S/c1-3-25-21(23)17-9-5-15(6-10-17)19-13-14-27-20(19)16-7-11-18(12-8-16)22(24)26-4-2/h5-14H,3-4H2,1-2H3. The minimum Gasteiger partial charge on any atom is -0.462 e. The number of rotatable bonds is 6. The summed E-state index contributed by atoms with van der Waals surface area (Å²) in [5, 5.41) is 2.03. The van der Waals surface area contributed by atoms with Crippen LogP contribution in [-0.4, -0.2) is 25.2 Å². The third kappa shape index (κ3) is 4.26. The normalized spacial score (nSPS) is 10.4. The Kier molecular flexibility index (Phi) is 6.04. The lowest BCUT2D eigenvalue weighted by atomic mass is 10.0. The smallest absolute Gasteiger partial charge is 0.338 e. The minimum absolute atomic E-state index is 0.315. The van der Waals surface area contributed by atoms with Gasteiger partial charge in [0.25, 0.3) is 0 Å². The van der Waals surface area contributed by atoms with Crippen molar-refractivity contribution < 1.29 is 19.1 Å². The molecule has 0 fully saturated rings. The van der Waals surface area contributed by atoms with Crippen LogP contribution in [-0.2, 0) is 9.47 Å². The van der Waals surface area contributed by atoms with Crippen LogP contribution in [0, 0.1) is 0 Å². The first-order chi connectivity index (χ1) is 13.1. The van der Waals surface area contributed by atoms with E-state index >= 15 is 0 Å². The Labute approximate surface area is 162 Å². The molecule has 0 amide bonds. The van der Waals surface area contributed by atoms with Crippen molar-refractivity contribution in [3.05, 3.63) is 71.1 Å². The Balaban J connectivity index is 1.86. The Morgan fingerprint density at radius 2 is 1.22 bits per heavy atom. The molecule has 0 radical (unpaired) electrons. The van der Waals surface area contributed by atoms with Gasteiger partial charge in [-0.3, -0.25) is 0 Å². The van der Waals surface area contributed by atoms with Gasteiger partial charge in [-0.05, 0) is 60.7 Å². The van der Waals surface area contributed by atoms with Crippen molar-refractivity contribution >= 4 is 23.3 Å². The SMILES string of the molecule is CCOC(=O)c1ccc(-c2ccsc2-c2ccc(C(=O)OCC)cc2)cc1. The highest BCUT2D eigenvalue weighted by molar-refractivity contribution is 7.14. The van der Waals surface area contributed by atoms with Gasteiger partial charge in [0.2, 0.25) is 0 Å². The van der Waals surface area contributed by atoms with Crippen molar-refractivity contribution in [2.24, 2.45) is 0 Å². The molecule has 138 valence electrons. The zero-order chi connectivity index (χ0) is 19.2. The zero-order valence-corrected chi connectivity index (χ0v) is 16.0. The summed E-state index contributed by atoms with van der Waals surface area (Å²) in [4.78, 5) is 24.7. The molecule has 0 saturated carbocycles. The summed E-state index contributed by atoms with van der Waals surface area (Å²) in [6.45, 7) is 4.29. The van der Waals surface area contributed by atoms with Crippen molar-refractivity contribution in [2.45, 2.75) is 13.8 Å². The molecule has 0 spiro atoms. The van der Waals surface area contributed by atoms with Crippen LogP contribution in [0.15, 0.2) is 60.0 Å². The second-order valence-electron chi connectivity index (χ2n) is 5.76. The van der Waals surface area contributed by atoms with E-state index in [9.17, 15) is 9.59 Å². The average Bonchev–Trinajstić information content (AvgIpc) is 3.18. The van der Waals surface area contributed by atoms with E-state index < -0.39 is 0 Å². The number of ether oxygens (including phenoxy) is 2. The average molecular weight is 380 g/mol. The van der Waals surface area contributed by atoms with E-state index in [1.54, 1.807) is 49.4 Å². The van der Waals surface area contributed by atoms with E-state index in [1.165, 1.54) is 0 Å². The lowest BCUT2D eigenvalue weighted by molar-refractivity contribution is 0.0517. The summed E-state index contributed by atoms with van der Waals surface area (Å²) in [5.74, 6) is -0.630. The summed E-state index contributed by atoms with van der Waals surface area (Å²) in [7, 11) is 0. The Morgan fingerprint density at radius 1 is 0.741 bits per heavy atom. The van der Waals surface area contributed by atoms with Crippen LogP contribution in [0.4, 0.5) is 0 Å². The van der Waals surface area contributed by atoms with Crippen molar-refractivity contribution in [1.82, 2.24) is 0 Å². The molecule has 0 bridgehead atoms. The quantitative estimate of drug-likeness (QED) is 0.535. The first-order valence-corrected chi connectivity index (χ1v) is 9.64. The highest BCUT2D eigenvalue weighted by Crippen LogP contribution is 2.37. The van der Waals surface area contributed by atoms with Crippen LogP contribution in [0.5, 0.6) is 0 Å². The lowest BCUT2D eigenvalue weighted by Crippen LogP contribution is -2.04. The molecule has 4 nitrogen and oxygen atoms in total. The van der Waals surface area contributed by atoms with Gasteiger partial charge in [-0.25, -0.2) is 9.59 Å².